The third kappa shape index (κ3) is 4.41. The molecule has 5 heteroatoms. The quantitative estimate of drug-likeness (QED) is 0.828. The first-order chi connectivity index (χ1) is 10.6. The summed E-state index contributed by atoms with van der Waals surface area (Å²) in [7, 11) is 0. The first kappa shape index (κ1) is 16.2. The molecular formula is C17H23FN4. The lowest BCUT2D eigenvalue weighted by Crippen LogP contribution is -2.26. The fourth-order valence-corrected chi connectivity index (χ4v) is 2.35. The summed E-state index contributed by atoms with van der Waals surface area (Å²) in [5.41, 5.74) is 1.54. The Morgan fingerprint density at radius 3 is 2.45 bits per heavy atom. The Morgan fingerprint density at radius 1 is 1.09 bits per heavy atom. The van der Waals surface area contributed by atoms with E-state index in [1.54, 1.807) is 12.1 Å². The van der Waals surface area contributed by atoms with Gasteiger partial charge in [0.2, 0.25) is 5.95 Å². The molecule has 0 saturated carbocycles. The predicted molar refractivity (Wildman–Crippen MR) is 89.2 cm³/mol. The molecule has 0 aliphatic carbocycles. The fourth-order valence-electron chi connectivity index (χ4n) is 2.35. The van der Waals surface area contributed by atoms with Gasteiger partial charge in [0.15, 0.2) is 0 Å². The molecule has 0 atom stereocenters. The van der Waals surface area contributed by atoms with E-state index in [4.69, 9.17) is 0 Å². The summed E-state index contributed by atoms with van der Waals surface area (Å²) < 4.78 is 13.3. The van der Waals surface area contributed by atoms with Crippen LogP contribution in [0.3, 0.4) is 0 Å². The Hall–Kier alpha value is -2.17. The molecule has 22 heavy (non-hydrogen) atoms. The summed E-state index contributed by atoms with van der Waals surface area (Å²) in [5.74, 6) is 1.13. The van der Waals surface area contributed by atoms with E-state index in [0.29, 0.717) is 11.6 Å². The summed E-state index contributed by atoms with van der Waals surface area (Å²) >= 11 is 0. The molecule has 0 fully saturated rings. The van der Waals surface area contributed by atoms with Gasteiger partial charge in [-0.15, -0.1) is 0 Å². The molecule has 0 saturated heterocycles. The standard InChI is InChI=1S/C17H23FN4/c1-4-9-22(10-5-2)16-11-13(3)19-17(21-16)20-15-8-6-7-14(18)12-15/h6-8,11-12H,4-5,9-10H2,1-3H3,(H,19,20,21). The van der Waals surface area contributed by atoms with Crippen molar-refractivity contribution in [3.05, 3.63) is 41.8 Å². The summed E-state index contributed by atoms with van der Waals surface area (Å²) in [6, 6.07) is 8.29. The molecule has 0 amide bonds. The lowest BCUT2D eigenvalue weighted by Gasteiger charge is -2.23. The minimum Gasteiger partial charge on any atom is -0.356 e. The molecule has 0 aliphatic rings. The van der Waals surface area contributed by atoms with E-state index in [9.17, 15) is 4.39 Å². The zero-order chi connectivity index (χ0) is 15.9. The second-order valence-corrected chi connectivity index (χ2v) is 5.31. The molecule has 1 heterocycles. The van der Waals surface area contributed by atoms with E-state index in [-0.39, 0.29) is 5.82 Å². The molecule has 0 spiro atoms. The molecule has 1 aromatic carbocycles. The van der Waals surface area contributed by atoms with E-state index in [2.05, 4.69) is 34.0 Å². The number of aryl methyl sites for hydroxylation is 1. The van der Waals surface area contributed by atoms with Gasteiger partial charge in [-0.05, 0) is 38.0 Å². The van der Waals surface area contributed by atoms with Crippen molar-refractivity contribution in [3.8, 4) is 0 Å². The molecule has 0 radical (unpaired) electrons. The number of rotatable bonds is 7. The van der Waals surface area contributed by atoms with Crippen LogP contribution in [0.1, 0.15) is 32.4 Å². The van der Waals surface area contributed by atoms with Crippen LogP contribution in [0.4, 0.5) is 21.8 Å². The zero-order valence-corrected chi connectivity index (χ0v) is 13.4. The highest BCUT2D eigenvalue weighted by atomic mass is 19.1. The van der Waals surface area contributed by atoms with Crippen LogP contribution in [0, 0.1) is 12.7 Å². The van der Waals surface area contributed by atoms with Gasteiger partial charge in [-0.3, -0.25) is 0 Å². The van der Waals surface area contributed by atoms with Crippen LogP contribution in [0.2, 0.25) is 0 Å². The molecule has 1 aromatic heterocycles. The second kappa shape index (κ2) is 7.73. The highest BCUT2D eigenvalue weighted by Crippen LogP contribution is 2.19. The maximum Gasteiger partial charge on any atom is 0.229 e. The van der Waals surface area contributed by atoms with Crippen molar-refractivity contribution < 1.29 is 4.39 Å². The number of nitrogens with zero attached hydrogens (tertiary/aromatic N) is 3. The Morgan fingerprint density at radius 2 is 1.82 bits per heavy atom. The van der Waals surface area contributed by atoms with Crippen molar-refractivity contribution in [2.75, 3.05) is 23.3 Å². The summed E-state index contributed by atoms with van der Waals surface area (Å²) in [4.78, 5) is 11.2. The molecular weight excluding hydrogens is 279 g/mol. The van der Waals surface area contributed by atoms with Gasteiger partial charge in [-0.1, -0.05) is 19.9 Å². The van der Waals surface area contributed by atoms with E-state index in [0.717, 1.165) is 37.4 Å². The van der Waals surface area contributed by atoms with Gasteiger partial charge >= 0.3 is 0 Å². The number of halogens is 1. The maximum atomic E-state index is 13.3. The maximum absolute atomic E-state index is 13.3. The third-order valence-electron chi connectivity index (χ3n) is 3.23. The van der Waals surface area contributed by atoms with Crippen LogP contribution in [0.15, 0.2) is 30.3 Å². The Bertz CT molecular complexity index is 609. The van der Waals surface area contributed by atoms with Gasteiger partial charge in [0.25, 0.3) is 0 Å². The lowest BCUT2D eigenvalue weighted by molar-refractivity contribution is 0.628. The minimum absolute atomic E-state index is 0.281. The number of anilines is 3. The molecule has 2 aromatic rings. The van der Waals surface area contributed by atoms with Crippen molar-refractivity contribution in [2.45, 2.75) is 33.6 Å². The van der Waals surface area contributed by atoms with Crippen LogP contribution >= 0.6 is 0 Å². The SMILES string of the molecule is CCCN(CCC)c1cc(C)nc(Nc2cccc(F)c2)n1. The summed E-state index contributed by atoms with van der Waals surface area (Å²) in [6.07, 6.45) is 2.13. The smallest absolute Gasteiger partial charge is 0.229 e. The summed E-state index contributed by atoms with van der Waals surface area (Å²) in [5, 5.41) is 3.08. The molecule has 0 aliphatic heterocycles. The van der Waals surface area contributed by atoms with Crippen molar-refractivity contribution in [1.29, 1.82) is 0 Å². The molecule has 0 unspecified atom stereocenters. The highest BCUT2D eigenvalue weighted by molar-refractivity contribution is 5.55. The van der Waals surface area contributed by atoms with Crippen molar-refractivity contribution in [1.82, 2.24) is 9.97 Å². The molecule has 1 N–H and O–H groups in total. The van der Waals surface area contributed by atoms with Gasteiger partial charge < -0.3 is 10.2 Å². The summed E-state index contributed by atoms with van der Waals surface area (Å²) in [6.45, 7) is 8.18. The van der Waals surface area contributed by atoms with E-state index in [1.165, 1.54) is 12.1 Å². The van der Waals surface area contributed by atoms with E-state index >= 15 is 0 Å². The van der Waals surface area contributed by atoms with E-state index in [1.807, 2.05) is 13.0 Å². The zero-order valence-electron chi connectivity index (χ0n) is 13.4. The van der Waals surface area contributed by atoms with Crippen LogP contribution in [-0.4, -0.2) is 23.1 Å². The van der Waals surface area contributed by atoms with Gasteiger partial charge in [0.05, 0.1) is 0 Å². The monoisotopic (exact) mass is 302 g/mol. The highest BCUT2D eigenvalue weighted by Gasteiger charge is 2.09. The van der Waals surface area contributed by atoms with Gasteiger partial charge in [0, 0.05) is 30.5 Å². The first-order valence-electron chi connectivity index (χ1n) is 7.75. The topological polar surface area (TPSA) is 41.1 Å². The fraction of sp³-hybridized carbons (Fsp3) is 0.412. The van der Waals surface area contributed by atoms with Crippen molar-refractivity contribution >= 4 is 17.5 Å². The number of aromatic nitrogens is 2. The Labute approximate surface area is 131 Å². The van der Waals surface area contributed by atoms with Crippen molar-refractivity contribution in [2.24, 2.45) is 0 Å². The van der Waals surface area contributed by atoms with Gasteiger partial charge in [-0.2, -0.15) is 4.98 Å². The molecule has 0 bridgehead atoms. The van der Waals surface area contributed by atoms with Crippen LogP contribution in [0.25, 0.3) is 0 Å². The van der Waals surface area contributed by atoms with Crippen LogP contribution in [0.5, 0.6) is 0 Å². The average Bonchev–Trinajstić information content (AvgIpc) is 2.46. The second-order valence-electron chi connectivity index (χ2n) is 5.31. The minimum atomic E-state index is -0.281. The lowest BCUT2D eigenvalue weighted by atomic mass is 10.3. The predicted octanol–water partition coefficient (Wildman–Crippen LogP) is 4.29. The molecule has 2 rings (SSSR count). The Kier molecular flexibility index (Phi) is 5.69. The van der Waals surface area contributed by atoms with Gasteiger partial charge in [-0.25, -0.2) is 9.37 Å². The average molecular weight is 302 g/mol. The van der Waals surface area contributed by atoms with E-state index < -0.39 is 0 Å². The number of benzene rings is 1. The first-order valence-corrected chi connectivity index (χ1v) is 7.75. The van der Waals surface area contributed by atoms with Crippen molar-refractivity contribution in [3.63, 3.8) is 0 Å². The number of hydrogen-bond donors (Lipinski definition) is 1. The number of hydrogen-bond acceptors (Lipinski definition) is 4. The van der Waals surface area contributed by atoms with Crippen LogP contribution in [-0.2, 0) is 0 Å². The molecule has 118 valence electrons. The normalized spacial score (nSPS) is 10.5. The largest absolute Gasteiger partial charge is 0.356 e. The molecule has 4 nitrogen and oxygen atoms in total. The number of nitrogens with one attached hydrogen (secondary N) is 1. The Balaban J connectivity index is 2.25. The van der Waals surface area contributed by atoms with Crippen LogP contribution < -0.4 is 10.2 Å². The third-order valence-corrected chi connectivity index (χ3v) is 3.23. The van der Waals surface area contributed by atoms with Gasteiger partial charge in [0.1, 0.15) is 11.6 Å².